The molecule has 1 amide bonds. The SMILES string of the molecule is COc1cc(C)c(/C(O)=C2\C(=O)C(=O)N(Cc3cccc(C(F)(F)F)c3)C2c2ccc(O)cc2)cc1C. The number of likely N-dealkylation sites (tertiary alicyclic amines) is 1. The number of aryl methyl sites for hydroxylation is 2. The van der Waals surface area contributed by atoms with E-state index in [1.807, 2.05) is 0 Å². The molecule has 3 aromatic rings. The summed E-state index contributed by atoms with van der Waals surface area (Å²) in [6.07, 6.45) is -4.58. The zero-order valence-corrected chi connectivity index (χ0v) is 20.3. The number of benzene rings is 3. The molecule has 37 heavy (non-hydrogen) atoms. The number of carbonyl (C=O) groups is 2. The zero-order chi connectivity index (χ0) is 27.1. The number of phenolic OH excluding ortho intramolecular Hbond substituents is 1. The molecule has 0 saturated carbocycles. The van der Waals surface area contributed by atoms with Crippen molar-refractivity contribution in [2.24, 2.45) is 0 Å². The van der Waals surface area contributed by atoms with E-state index in [1.54, 1.807) is 26.0 Å². The lowest BCUT2D eigenvalue weighted by atomic mass is 9.93. The second-order valence-electron chi connectivity index (χ2n) is 8.85. The number of aliphatic hydroxyl groups is 1. The van der Waals surface area contributed by atoms with Crippen LogP contribution in [0.25, 0.3) is 5.76 Å². The number of nitrogens with zero attached hydrogens (tertiary/aromatic N) is 1. The fourth-order valence-corrected chi connectivity index (χ4v) is 4.50. The number of ether oxygens (including phenoxy) is 1. The average Bonchev–Trinajstić information content (AvgIpc) is 3.10. The van der Waals surface area contributed by atoms with E-state index in [1.165, 1.54) is 43.5 Å². The van der Waals surface area contributed by atoms with Crippen LogP contribution in [0.1, 0.15) is 39.4 Å². The summed E-state index contributed by atoms with van der Waals surface area (Å²) in [6.45, 7) is 3.17. The van der Waals surface area contributed by atoms with Gasteiger partial charge in [0.05, 0.1) is 24.3 Å². The number of ketones is 1. The van der Waals surface area contributed by atoms with Gasteiger partial charge in [0.15, 0.2) is 0 Å². The van der Waals surface area contributed by atoms with E-state index in [4.69, 9.17) is 4.74 Å². The van der Waals surface area contributed by atoms with Crippen LogP contribution in [-0.4, -0.2) is 33.9 Å². The summed E-state index contributed by atoms with van der Waals surface area (Å²) in [5.41, 5.74) is 1.08. The predicted molar refractivity (Wildman–Crippen MR) is 130 cm³/mol. The Morgan fingerprint density at radius 1 is 1.00 bits per heavy atom. The highest BCUT2D eigenvalue weighted by atomic mass is 19.4. The molecule has 1 saturated heterocycles. The van der Waals surface area contributed by atoms with Crippen molar-refractivity contribution in [3.8, 4) is 11.5 Å². The van der Waals surface area contributed by atoms with Crippen molar-refractivity contribution in [3.63, 3.8) is 0 Å². The molecule has 1 aliphatic rings. The van der Waals surface area contributed by atoms with E-state index in [0.717, 1.165) is 17.0 Å². The van der Waals surface area contributed by atoms with Gasteiger partial charge >= 0.3 is 6.18 Å². The number of Topliss-reactive ketones (excluding diaryl/α,β-unsaturated/α-hetero) is 1. The van der Waals surface area contributed by atoms with Gasteiger partial charge in [0.1, 0.15) is 17.3 Å². The summed E-state index contributed by atoms with van der Waals surface area (Å²) in [4.78, 5) is 27.6. The lowest BCUT2D eigenvalue weighted by Crippen LogP contribution is -2.29. The molecular formula is C28H24F3NO5. The summed E-state index contributed by atoms with van der Waals surface area (Å²) in [6, 6.07) is 12.4. The van der Waals surface area contributed by atoms with Gasteiger partial charge in [-0.3, -0.25) is 9.59 Å². The van der Waals surface area contributed by atoms with Crippen molar-refractivity contribution in [1.82, 2.24) is 4.90 Å². The fraction of sp³-hybridized carbons (Fsp3) is 0.214. The molecule has 4 rings (SSSR count). The average molecular weight is 511 g/mol. The summed E-state index contributed by atoms with van der Waals surface area (Å²) >= 11 is 0. The number of rotatable bonds is 5. The molecule has 1 heterocycles. The van der Waals surface area contributed by atoms with Gasteiger partial charge in [0.25, 0.3) is 11.7 Å². The van der Waals surface area contributed by atoms with Crippen molar-refractivity contribution >= 4 is 17.4 Å². The van der Waals surface area contributed by atoms with Crippen LogP contribution in [0.3, 0.4) is 0 Å². The van der Waals surface area contributed by atoms with Gasteiger partial charge in [-0.1, -0.05) is 24.3 Å². The monoisotopic (exact) mass is 511 g/mol. The molecule has 1 atom stereocenters. The number of methoxy groups -OCH3 is 1. The first-order valence-corrected chi connectivity index (χ1v) is 11.3. The smallest absolute Gasteiger partial charge is 0.416 e. The molecule has 0 radical (unpaired) electrons. The van der Waals surface area contributed by atoms with Crippen LogP contribution in [-0.2, 0) is 22.3 Å². The number of halogens is 3. The summed E-state index contributed by atoms with van der Waals surface area (Å²) in [5.74, 6) is -1.81. The van der Waals surface area contributed by atoms with Gasteiger partial charge in [0, 0.05) is 12.1 Å². The molecular weight excluding hydrogens is 487 g/mol. The highest BCUT2D eigenvalue weighted by Crippen LogP contribution is 2.42. The van der Waals surface area contributed by atoms with Gasteiger partial charge in [0.2, 0.25) is 0 Å². The molecule has 2 N–H and O–H groups in total. The minimum Gasteiger partial charge on any atom is -0.508 e. The number of alkyl halides is 3. The molecule has 0 bridgehead atoms. The van der Waals surface area contributed by atoms with Crippen LogP contribution in [0.2, 0.25) is 0 Å². The minimum absolute atomic E-state index is 0.0554. The van der Waals surface area contributed by atoms with Crippen LogP contribution in [0, 0.1) is 13.8 Å². The first kappa shape index (κ1) is 25.8. The molecule has 0 aliphatic carbocycles. The molecule has 192 valence electrons. The third-order valence-electron chi connectivity index (χ3n) is 6.35. The largest absolute Gasteiger partial charge is 0.508 e. The third kappa shape index (κ3) is 4.89. The first-order chi connectivity index (χ1) is 17.4. The Morgan fingerprint density at radius 3 is 2.30 bits per heavy atom. The molecule has 9 heteroatoms. The predicted octanol–water partition coefficient (Wildman–Crippen LogP) is 5.66. The van der Waals surface area contributed by atoms with Crippen molar-refractivity contribution in [2.45, 2.75) is 32.6 Å². The van der Waals surface area contributed by atoms with Gasteiger partial charge in [-0.15, -0.1) is 0 Å². The van der Waals surface area contributed by atoms with E-state index in [2.05, 4.69) is 0 Å². The standard InChI is InChI=1S/C28H24F3NO5/c1-15-12-22(37-3)16(2)11-21(15)25(34)23-24(18-7-9-20(33)10-8-18)32(27(36)26(23)35)14-17-5-4-6-19(13-17)28(29,30)31/h4-13,24,33-34H,14H2,1-3H3/b25-23+. The highest BCUT2D eigenvalue weighted by molar-refractivity contribution is 6.46. The number of carbonyl (C=O) groups excluding carboxylic acids is 2. The second-order valence-corrected chi connectivity index (χ2v) is 8.85. The van der Waals surface area contributed by atoms with Crippen molar-refractivity contribution in [3.05, 3.63) is 99.6 Å². The van der Waals surface area contributed by atoms with Crippen LogP contribution >= 0.6 is 0 Å². The molecule has 1 aliphatic heterocycles. The summed E-state index contributed by atoms with van der Waals surface area (Å²) < 4.78 is 45.1. The fourth-order valence-electron chi connectivity index (χ4n) is 4.50. The summed E-state index contributed by atoms with van der Waals surface area (Å²) in [7, 11) is 1.51. The quantitative estimate of drug-likeness (QED) is 0.262. The van der Waals surface area contributed by atoms with E-state index in [9.17, 15) is 33.0 Å². The van der Waals surface area contributed by atoms with Crippen LogP contribution in [0.5, 0.6) is 11.5 Å². The van der Waals surface area contributed by atoms with Crippen molar-refractivity contribution < 1.29 is 37.7 Å². The van der Waals surface area contributed by atoms with Crippen molar-refractivity contribution in [2.75, 3.05) is 7.11 Å². The molecule has 1 fully saturated rings. The number of phenols is 1. The number of hydrogen-bond acceptors (Lipinski definition) is 5. The number of amides is 1. The Bertz CT molecular complexity index is 1410. The topological polar surface area (TPSA) is 87.1 Å². The van der Waals surface area contributed by atoms with Crippen LogP contribution in [0.15, 0.2) is 66.2 Å². The molecule has 6 nitrogen and oxygen atoms in total. The maximum absolute atomic E-state index is 13.3. The normalized spacial score (nSPS) is 17.4. The number of hydrogen-bond donors (Lipinski definition) is 2. The number of aromatic hydroxyl groups is 1. The highest BCUT2D eigenvalue weighted by Gasteiger charge is 2.46. The van der Waals surface area contributed by atoms with E-state index in [0.29, 0.717) is 28.0 Å². The first-order valence-electron chi connectivity index (χ1n) is 11.3. The lowest BCUT2D eigenvalue weighted by molar-refractivity contribution is -0.140. The van der Waals surface area contributed by atoms with E-state index in [-0.39, 0.29) is 23.4 Å². The Labute approximate surface area is 211 Å². The lowest BCUT2D eigenvalue weighted by Gasteiger charge is -2.26. The second kappa shape index (κ2) is 9.65. The van der Waals surface area contributed by atoms with E-state index >= 15 is 0 Å². The van der Waals surface area contributed by atoms with Crippen molar-refractivity contribution in [1.29, 1.82) is 0 Å². The van der Waals surface area contributed by atoms with Gasteiger partial charge < -0.3 is 19.8 Å². The Morgan fingerprint density at radius 2 is 1.68 bits per heavy atom. The molecule has 3 aromatic carbocycles. The third-order valence-corrected chi connectivity index (χ3v) is 6.35. The van der Waals surface area contributed by atoms with Gasteiger partial charge in [-0.05, 0) is 72.5 Å². The maximum Gasteiger partial charge on any atom is 0.416 e. The van der Waals surface area contributed by atoms with Crippen LogP contribution < -0.4 is 4.74 Å². The Kier molecular flexibility index (Phi) is 6.73. The molecule has 1 unspecified atom stereocenters. The maximum atomic E-state index is 13.3. The minimum atomic E-state index is -4.58. The Hall–Kier alpha value is -4.27. The zero-order valence-electron chi connectivity index (χ0n) is 20.3. The van der Waals surface area contributed by atoms with Gasteiger partial charge in [-0.2, -0.15) is 13.2 Å². The van der Waals surface area contributed by atoms with Crippen LogP contribution in [0.4, 0.5) is 13.2 Å². The summed E-state index contributed by atoms with van der Waals surface area (Å²) in [5, 5.41) is 21.1. The Balaban J connectivity index is 1.87. The number of aliphatic hydroxyl groups excluding tert-OH is 1. The molecule has 0 aromatic heterocycles. The van der Waals surface area contributed by atoms with Gasteiger partial charge in [-0.25, -0.2) is 0 Å². The van der Waals surface area contributed by atoms with E-state index < -0.39 is 35.2 Å². The molecule has 0 spiro atoms.